The number of rotatable bonds is 4. The van der Waals surface area contributed by atoms with Crippen LogP contribution in [-0.2, 0) is 9.47 Å². The number of nitrogens with zero attached hydrogens (tertiary/aromatic N) is 2. The Morgan fingerprint density at radius 2 is 1.46 bits per heavy atom. The number of hydrogen-bond donors (Lipinski definition) is 1. The number of nitro groups is 1. The molecule has 14 heteroatoms. The summed E-state index contributed by atoms with van der Waals surface area (Å²) in [6.07, 6.45) is -2.90. The zero-order valence-corrected chi connectivity index (χ0v) is 22.1. The lowest BCUT2D eigenvalue weighted by molar-refractivity contribution is -0.384. The number of anilines is 2. The minimum absolute atomic E-state index is 0.0180. The van der Waals surface area contributed by atoms with Gasteiger partial charge in [0.05, 0.1) is 21.2 Å². The third-order valence-electron chi connectivity index (χ3n) is 4.19. The molecule has 0 bridgehead atoms. The predicted octanol–water partition coefficient (Wildman–Crippen LogP) is 7.11. The Balaban J connectivity index is 2.61. The van der Waals surface area contributed by atoms with Gasteiger partial charge in [0, 0.05) is 6.07 Å². The van der Waals surface area contributed by atoms with Crippen LogP contribution in [-0.4, -0.2) is 34.2 Å². The second-order valence-corrected chi connectivity index (χ2v) is 10.3. The van der Waals surface area contributed by atoms with E-state index in [1.54, 1.807) is 0 Å². The Hall–Kier alpha value is -3.51. The quantitative estimate of drug-likeness (QED) is 0.311. The summed E-state index contributed by atoms with van der Waals surface area (Å²) in [6.45, 7) is 8.80. The summed E-state index contributed by atoms with van der Waals surface area (Å²) >= 11 is 11.9. The summed E-state index contributed by atoms with van der Waals surface area (Å²) in [7, 11) is 0. The molecule has 200 valence electrons. The smallest absolute Gasteiger partial charge is 0.424 e. The first-order chi connectivity index (χ1) is 16.8. The second kappa shape index (κ2) is 10.9. The molecule has 0 unspecified atom stereocenters. The zero-order chi connectivity index (χ0) is 28.5. The summed E-state index contributed by atoms with van der Waals surface area (Å²) < 4.78 is 40.7. The number of imide groups is 1. The first-order valence-corrected chi connectivity index (χ1v) is 11.3. The molecule has 1 N–H and O–H groups in total. The fourth-order valence-electron chi connectivity index (χ4n) is 2.79. The number of ether oxygens (including phenoxy) is 2. The van der Waals surface area contributed by atoms with E-state index >= 15 is 4.39 Å². The lowest BCUT2D eigenvalue weighted by Crippen LogP contribution is -2.44. The van der Waals surface area contributed by atoms with Gasteiger partial charge in [-0.3, -0.25) is 14.9 Å². The topological polar surface area (TPSA) is 128 Å². The molecule has 37 heavy (non-hydrogen) atoms. The third-order valence-corrected chi connectivity index (χ3v) is 4.88. The van der Waals surface area contributed by atoms with Crippen molar-refractivity contribution in [3.05, 3.63) is 61.6 Å². The molecule has 0 radical (unpaired) electrons. The maximum Gasteiger partial charge on any atom is 0.424 e. The van der Waals surface area contributed by atoms with Gasteiger partial charge < -0.3 is 14.8 Å². The van der Waals surface area contributed by atoms with E-state index in [1.807, 2.05) is 0 Å². The van der Waals surface area contributed by atoms with Crippen LogP contribution >= 0.6 is 23.2 Å². The number of carbonyl (C=O) groups excluding carboxylic acids is 3. The van der Waals surface area contributed by atoms with Gasteiger partial charge in [-0.15, -0.1) is 0 Å². The lowest BCUT2D eigenvalue weighted by atomic mass is 10.1. The zero-order valence-electron chi connectivity index (χ0n) is 20.6. The maximum atomic E-state index is 15.6. The van der Waals surface area contributed by atoms with E-state index in [9.17, 15) is 28.9 Å². The maximum absolute atomic E-state index is 15.6. The number of hydrogen-bond acceptors (Lipinski definition) is 7. The highest BCUT2D eigenvalue weighted by atomic mass is 35.5. The molecule has 10 nitrogen and oxygen atoms in total. The Morgan fingerprint density at radius 1 is 0.946 bits per heavy atom. The van der Waals surface area contributed by atoms with E-state index in [-0.39, 0.29) is 9.92 Å². The summed E-state index contributed by atoms with van der Waals surface area (Å²) in [5.41, 5.74) is -5.43. The molecule has 0 fully saturated rings. The van der Waals surface area contributed by atoms with Crippen LogP contribution in [0.4, 0.5) is 35.4 Å². The van der Waals surface area contributed by atoms with Gasteiger partial charge in [0.2, 0.25) is 0 Å². The van der Waals surface area contributed by atoms with E-state index in [4.69, 9.17) is 32.7 Å². The van der Waals surface area contributed by atoms with Gasteiger partial charge in [-0.2, -0.15) is 4.90 Å². The first-order valence-electron chi connectivity index (χ1n) is 10.5. The van der Waals surface area contributed by atoms with Crippen LogP contribution in [0.1, 0.15) is 51.9 Å². The summed E-state index contributed by atoms with van der Waals surface area (Å²) in [4.78, 5) is 48.8. The van der Waals surface area contributed by atoms with E-state index in [2.05, 4.69) is 5.32 Å². The van der Waals surface area contributed by atoms with Crippen molar-refractivity contribution in [3.8, 4) is 0 Å². The molecule has 0 atom stereocenters. The molecule has 0 heterocycles. The van der Waals surface area contributed by atoms with E-state index < -0.39 is 73.5 Å². The molecule has 2 aromatic carbocycles. The average molecular weight is 562 g/mol. The fraction of sp³-hybridized carbons (Fsp3) is 0.348. The molecule has 3 amide bonds. The van der Waals surface area contributed by atoms with Crippen LogP contribution in [0.15, 0.2) is 24.3 Å². The van der Waals surface area contributed by atoms with Crippen LogP contribution in [0.25, 0.3) is 0 Å². The Morgan fingerprint density at radius 3 is 1.92 bits per heavy atom. The predicted molar refractivity (Wildman–Crippen MR) is 132 cm³/mol. The summed E-state index contributed by atoms with van der Waals surface area (Å²) in [5.74, 6) is -4.10. The Kier molecular flexibility index (Phi) is 8.72. The number of halogens is 4. The molecule has 0 saturated heterocycles. The molecule has 0 aliphatic rings. The fourth-order valence-corrected chi connectivity index (χ4v) is 3.40. The largest absolute Gasteiger partial charge is 0.443 e. The van der Waals surface area contributed by atoms with Crippen molar-refractivity contribution >= 4 is 58.4 Å². The highest BCUT2D eigenvalue weighted by molar-refractivity contribution is 6.41. The minimum Gasteiger partial charge on any atom is -0.443 e. The van der Waals surface area contributed by atoms with Crippen molar-refractivity contribution in [1.29, 1.82) is 0 Å². The standard InChI is InChI=1S/C23H23Cl2F2N3O7/c1-22(2,3)36-20(32)29(21(33)37-23(4,5)6)18-12(26)8-9-13(17(18)27)28-19(31)15-11(24)7-10-14(16(15)25)30(34)35/h7-10H,1-6H3,(H,28,31). The van der Waals surface area contributed by atoms with Crippen LogP contribution in [0.2, 0.25) is 10.0 Å². The van der Waals surface area contributed by atoms with Crippen LogP contribution in [0.3, 0.4) is 0 Å². The molecule has 0 spiro atoms. The third kappa shape index (κ3) is 7.26. The van der Waals surface area contributed by atoms with Crippen molar-refractivity contribution in [2.75, 3.05) is 10.2 Å². The summed E-state index contributed by atoms with van der Waals surface area (Å²) in [5, 5.41) is 12.3. The van der Waals surface area contributed by atoms with Crippen molar-refractivity contribution < 1.29 is 37.6 Å². The summed E-state index contributed by atoms with van der Waals surface area (Å²) in [6, 6.07) is 3.48. The Labute approximate surface area is 220 Å². The molecular weight excluding hydrogens is 539 g/mol. The first kappa shape index (κ1) is 29.7. The average Bonchev–Trinajstić information content (AvgIpc) is 2.70. The van der Waals surface area contributed by atoms with Crippen molar-refractivity contribution in [2.24, 2.45) is 0 Å². The van der Waals surface area contributed by atoms with Crippen LogP contribution in [0.5, 0.6) is 0 Å². The number of nitro benzene ring substituents is 1. The van der Waals surface area contributed by atoms with Crippen molar-refractivity contribution in [2.45, 2.75) is 52.7 Å². The molecule has 2 rings (SSSR count). The molecular formula is C23H23Cl2F2N3O7. The Bertz CT molecular complexity index is 1250. The molecule has 0 aliphatic carbocycles. The minimum atomic E-state index is -1.55. The van der Waals surface area contributed by atoms with Gasteiger partial charge in [0.25, 0.3) is 11.6 Å². The monoisotopic (exact) mass is 561 g/mol. The number of carbonyl (C=O) groups is 3. The van der Waals surface area contributed by atoms with Gasteiger partial charge in [0.15, 0.2) is 11.6 Å². The highest BCUT2D eigenvalue weighted by Crippen LogP contribution is 2.35. The van der Waals surface area contributed by atoms with E-state index in [0.717, 1.165) is 18.2 Å². The number of nitrogens with one attached hydrogen (secondary N) is 1. The lowest BCUT2D eigenvalue weighted by Gasteiger charge is -2.29. The normalized spacial score (nSPS) is 11.5. The van der Waals surface area contributed by atoms with Gasteiger partial charge in [-0.05, 0) is 59.7 Å². The number of benzene rings is 2. The molecule has 0 saturated carbocycles. The van der Waals surface area contributed by atoms with E-state index in [1.165, 1.54) is 41.5 Å². The van der Waals surface area contributed by atoms with Gasteiger partial charge in [0.1, 0.15) is 21.9 Å². The SMILES string of the molecule is CC(C)(C)OC(=O)N(C(=O)OC(C)(C)C)c1c(F)ccc(NC(=O)c2c(Cl)ccc([N+](=O)[O-])c2Cl)c1F. The molecule has 0 aromatic heterocycles. The molecule has 2 aromatic rings. The van der Waals surface area contributed by atoms with Crippen molar-refractivity contribution in [3.63, 3.8) is 0 Å². The number of amides is 3. The second-order valence-electron chi connectivity index (χ2n) is 9.52. The van der Waals surface area contributed by atoms with E-state index in [0.29, 0.717) is 6.07 Å². The van der Waals surface area contributed by atoms with Gasteiger partial charge in [-0.1, -0.05) is 23.2 Å². The van der Waals surface area contributed by atoms with Crippen LogP contribution < -0.4 is 10.2 Å². The molecule has 0 aliphatic heterocycles. The highest BCUT2D eigenvalue weighted by Gasteiger charge is 2.37. The van der Waals surface area contributed by atoms with Gasteiger partial charge in [-0.25, -0.2) is 18.4 Å². The van der Waals surface area contributed by atoms with Crippen molar-refractivity contribution in [1.82, 2.24) is 0 Å². The van der Waals surface area contributed by atoms with Gasteiger partial charge >= 0.3 is 12.2 Å². The van der Waals surface area contributed by atoms with Crippen LogP contribution in [0, 0.1) is 21.7 Å².